The van der Waals surface area contributed by atoms with Crippen molar-refractivity contribution in [1.29, 1.82) is 0 Å². The van der Waals surface area contributed by atoms with E-state index in [0.29, 0.717) is 19.3 Å². The topological polar surface area (TPSA) is 78.9 Å². The van der Waals surface area contributed by atoms with Crippen molar-refractivity contribution < 1.29 is 28.6 Å². The molecule has 436 valence electrons. The molecule has 0 rings (SSSR count). The summed E-state index contributed by atoms with van der Waals surface area (Å²) in [6, 6.07) is 0. The summed E-state index contributed by atoms with van der Waals surface area (Å²) < 4.78 is 16.8. The van der Waals surface area contributed by atoms with Gasteiger partial charge in [0.05, 0.1) is 0 Å². The molecule has 0 aliphatic rings. The molecule has 6 nitrogen and oxygen atoms in total. The van der Waals surface area contributed by atoms with Crippen LogP contribution in [-0.2, 0) is 28.6 Å². The second-order valence-electron chi connectivity index (χ2n) is 22.7. The van der Waals surface area contributed by atoms with Crippen LogP contribution in [0.15, 0.2) is 24.3 Å². The van der Waals surface area contributed by atoms with Gasteiger partial charge in [0.1, 0.15) is 13.2 Å². The first-order chi connectivity index (χ1) is 36.5. The molecule has 0 bridgehead atoms. The molecule has 0 saturated carbocycles. The Hall–Kier alpha value is -2.11. The number of hydrogen-bond acceptors (Lipinski definition) is 6. The number of ether oxygens (including phenoxy) is 3. The van der Waals surface area contributed by atoms with Crippen molar-refractivity contribution in [3.8, 4) is 0 Å². The van der Waals surface area contributed by atoms with Crippen molar-refractivity contribution >= 4 is 17.9 Å². The number of allylic oxidation sites excluding steroid dienone is 4. The standard InChI is InChI=1S/C68H128O6/c1-4-7-10-13-16-18-20-22-24-25-26-27-28-29-30-31-32-33-34-35-36-37-38-39-40-41-42-43-44-46-47-49-52-55-58-61-67(70)73-64-65(63-72-66(69)60-57-54-51-15-12-9-6-3)74-68(71)62-59-56-53-50-48-45-23-21-19-17-14-11-8-5-2/h20,22,25-26,65H,4-19,21,23-24,27-64H2,1-3H3/b22-20-,26-25-. The Morgan fingerprint density at radius 1 is 0.270 bits per heavy atom. The summed E-state index contributed by atoms with van der Waals surface area (Å²) in [5.41, 5.74) is 0. The number of carbonyl (C=O) groups excluding carboxylic acids is 3. The van der Waals surface area contributed by atoms with Gasteiger partial charge in [0.25, 0.3) is 0 Å². The van der Waals surface area contributed by atoms with Crippen molar-refractivity contribution in [2.75, 3.05) is 13.2 Å². The molecule has 0 aliphatic heterocycles. The van der Waals surface area contributed by atoms with E-state index in [1.807, 2.05) is 0 Å². The Bertz CT molecular complexity index is 1190. The van der Waals surface area contributed by atoms with E-state index in [-0.39, 0.29) is 31.1 Å². The summed E-state index contributed by atoms with van der Waals surface area (Å²) in [7, 11) is 0. The summed E-state index contributed by atoms with van der Waals surface area (Å²) >= 11 is 0. The van der Waals surface area contributed by atoms with Gasteiger partial charge in [-0.2, -0.15) is 0 Å². The van der Waals surface area contributed by atoms with Crippen LogP contribution in [0.3, 0.4) is 0 Å². The normalized spacial score (nSPS) is 12.1. The van der Waals surface area contributed by atoms with E-state index < -0.39 is 6.10 Å². The van der Waals surface area contributed by atoms with Gasteiger partial charge in [-0.25, -0.2) is 0 Å². The largest absolute Gasteiger partial charge is 0.462 e. The molecular weight excluding hydrogens is 913 g/mol. The monoisotopic (exact) mass is 1040 g/mol. The summed E-state index contributed by atoms with van der Waals surface area (Å²) in [5, 5.41) is 0. The first-order valence-corrected chi connectivity index (χ1v) is 33.3. The van der Waals surface area contributed by atoms with E-state index >= 15 is 0 Å². The van der Waals surface area contributed by atoms with Crippen LogP contribution in [0.4, 0.5) is 0 Å². The molecule has 0 N–H and O–H groups in total. The Labute approximate surface area is 462 Å². The molecule has 0 spiro atoms. The van der Waals surface area contributed by atoms with E-state index in [1.165, 1.54) is 270 Å². The Morgan fingerprint density at radius 2 is 0.486 bits per heavy atom. The number of rotatable bonds is 62. The van der Waals surface area contributed by atoms with Crippen LogP contribution in [-0.4, -0.2) is 37.2 Å². The van der Waals surface area contributed by atoms with E-state index in [4.69, 9.17) is 14.2 Å². The molecule has 0 aromatic rings. The molecule has 0 aliphatic carbocycles. The van der Waals surface area contributed by atoms with Gasteiger partial charge in [0, 0.05) is 19.3 Å². The first kappa shape index (κ1) is 71.9. The first-order valence-electron chi connectivity index (χ1n) is 33.3. The minimum absolute atomic E-state index is 0.0639. The predicted molar refractivity (Wildman–Crippen MR) is 321 cm³/mol. The van der Waals surface area contributed by atoms with Crippen LogP contribution in [0, 0.1) is 0 Å². The van der Waals surface area contributed by atoms with E-state index in [9.17, 15) is 14.4 Å². The Balaban J connectivity index is 3.88. The lowest BCUT2D eigenvalue weighted by Crippen LogP contribution is -2.30. The number of carbonyl (C=O) groups is 3. The molecule has 0 amide bonds. The van der Waals surface area contributed by atoms with Gasteiger partial charge in [-0.15, -0.1) is 0 Å². The molecule has 0 heterocycles. The number of hydrogen-bond donors (Lipinski definition) is 0. The SMILES string of the molecule is CCCCCCC/C=C\C/C=C\CCCCCCCCCCCCCCCCCCCCCCCCCC(=O)OCC(COC(=O)CCCCCCCCC)OC(=O)CCCCCCCCCCCCCCCC. The third-order valence-corrected chi connectivity index (χ3v) is 15.2. The van der Waals surface area contributed by atoms with E-state index in [2.05, 4.69) is 45.1 Å². The minimum atomic E-state index is -0.762. The Kier molecular flexibility index (Phi) is 61.6. The highest BCUT2D eigenvalue weighted by atomic mass is 16.6. The van der Waals surface area contributed by atoms with Gasteiger partial charge in [-0.3, -0.25) is 14.4 Å². The molecule has 1 atom stereocenters. The van der Waals surface area contributed by atoms with Crippen LogP contribution in [0.5, 0.6) is 0 Å². The highest BCUT2D eigenvalue weighted by Gasteiger charge is 2.19. The van der Waals surface area contributed by atoms with Gasteiger partial charge in [-0.1, -0.05) is 328 Å². The lowest BCUT2D eigenvalue weighted by atomic mass is 10.0. The molecule has 0 aromatic heterocycles. The highest BCUT2D eigenvalue weighted by molar-refractivity contribution is 5.71. The number of unbranched alkanes of at least 4 members (excludes halogenated alkanes) is 47. The summed E-state index contributed by atoms with van der Waals surface area (Å²) in [6.45, 7) is 6.64. The molecule has 6 heteroatoms. The zero-order valence-electron chi connectivity index (χ0n) is 50.1. The van der Waals surface area contributed by atoms with Crippen LogP contribution >= 0.6 is 0 Å². The molecule has 74 heavy (non-hydrogen) atoms. The van der Waals surface area contributed by atoms with Crippen molar-refractivity contribution in [2.45, 2.75) is 380 Å². The second kappa shape index (κ2) is 63.4. The maximum atomic E-state index is 12.8. The third kappa shape index (κ3) is 60.8. The van der Waals surface area contributed by atoms with Gasteiger partial charge < -0.3 is 14.2 Å². The fourth-order valence-electron chi connectivity index (χ4n) is 10.2. The smallest absolute Gasteiger partial charge is 0.306 e. The van der Waals surface area contributed by atoms with Gasteiger partial charge in [0.2, 0.25) is 0 Å². The molecule has 0 saturated heterocycles. The van der Waals surface area contributed by atoms with Crippen molar-refractivity contribution in [1.82, 2.24) is 0 Å². The molecule has 1 unspecified atom stereocenters. The number of esters is 3. The van der Waals surface area contributed by atoms with Gasteiger partial charge >= 0.3 is 17.9 Å². The van der Waals surface area contributed by atoms with Crippen molar-refractivity contribution in [3.63, 3.8) is 0 Å². The molecule has 0 aromatic carbocycles. The van der Waals surface area contributed by atoms with Crippen LogP contribution < -0.4 is 0 Å². The minimum Gasteiger partial charge on any atom is -0.462 e. The fraction of sp³-hybridized carbons (Fsp3) is 0.897. The predicted octanol–water partition coefficient (Wildman–Crippen LogP) is 22.6. The maximum Gasteiger partial charge on any atom is 0.306 e. The fourth-order valence-corrected chi connectivity index (χ4v) is 10.2. The van der Waals surface area contributed by atoms with Crippen LogP contribution in [0.2, 0.25) is 0 Å². The lowest BCUT2D eigenvalue weighted by molar-refractivity contribution is -0.167. The zero-order chi connectivity index (χ0) is 53.6. The maximum absolute atomic E-state index is 12.8. The average molecular weight is 1040 g/mol. The van der Waals surface area contributed by atoms with Crippen molar-refractivity contribution in [2.24, 2.45) is 0 Å². The van der Waals surface area contributed by atoms with Gasteiger partial charge in [-0.05, 0) is 51.4 Å². The summed E-state index contributed by atoms with van der Waals surface area (Å²) in [4.78, 5) is 38.0. The van der Waals surface area contributed by atoms with Crippen LogP contribution in [0.25, 0.3) is 0 Å². The lowest BCUT2D eigenvalue weighted by Gasteiger charge is -2.18. The molecular formula is C68H128O6. The second-order valence-corrected chi connectivity index (χ2v) is 22.7. The molecule has 0 radical (unpaired) electrons. The summed E-state index contributed by atoms with van der Waals surface area (Å²) in [6.07, 6.45) is 76.7. The zero-order valence-corrected chi connectivity index (χ0v) is 50.1. The van der Waals surface area contributed by atoms with E-state index in [1.54, 1.807) is 0 Å². The van der Waals surface area contributed by atoms with E-state index in [0.717, 1.165) is 64.2 Å². The van der Waals surface area contributed by atoms with Crippen molar-refractivity contribution in [3.05, 3.63) is 24.3 Å². The quantitative estimate of drug-likeness (QED) is 0.0261. The molecule has 0 fully saturated rings. The Morgan fingerprint density at radius 3 is 0.743 bits per heavy atom. The highest BCUT2D eigenvalue weighted by Crippen LogP contribution is 2.18. The third-order valence-electron chi connectivity index (χ3n) is 15.2. The van der Waals surface area contributed by atoms with Gasteiger partial charge in [0.15, 0.2) is 6.10 Å². The summed E-state index contributed by atoms with van der Waals surface area (Å²) in [5.74, 6) is -0.846. The van der Waals surface area contributed by atoms with Crippen LogP contribution in [0.1, 0.15) is 374 Å². The average Bonchev–Trinajstić information content (AvgIpc) is 3.40.